The second-order valence-corrected chi connectivity index (χ2v) is 6.45. The van der Waals surface area contributed by atoms with Crippen LogP contribution in [-0.2, 0) is 16.0 Å². The van der Waals surface area contributed by atoms with E-state index in [1.54, 1.807) is 31.2 Å². The summed E-state index contributed by atoms with van der Waals surface area (Å²) in [5.41, 5.74) is 7.82. The summed E-state index contributed by atoms with van der Waals surface area (Å²) < 4.78 is 0. The van der Waals surface area contributed by atoms with Crippen LogP contribution in [0.3, 0.4) is 0 Å². The van der Waals surface area contributed by atoms with Crippen LogP contribution in [0.5, 0.6) is 0 Å². The van der Waals surface area contributed by atoms with Crippen molar-refractivity contribution in [3.8, 4) is 0 Å². The number of amides is 3. The number of carbonyl (C=O) groups excluding carboxylic acids is 3. The number of hydrogen-bond donors (Lipinski definition) is 4. The van der Waals surface area contributed by atoms with Crippen molar-refractivity contribution in [2.45, 2.75) is 26.7 Å². The molecule has 0 saturated heterocycles. The van der Waals surface area contributed by atoms with Gasteiger partial charge in [0, 0.05) is 17.7 Å². The Bertz CT molecular complexity index is 881. The number of hydrogen-bond acceptors (Lipinski definition) is 4. The highest BCUT2D eigenvalue weighted by Gasteiger charge is 2.10. The normalized spacial score (nSPS) is 9.93. The third kappa shape index (κ3) is 6.48. The van der Waals surface area contributed by atoms with E-state index in [-0.39, 0.29) is 23.3 Å². The van der Waals surface area contributed by atoms with Gasteiger partial charge in [0.25, 0.3) is 5.91 Å². The Morgan fingerprint density at radius 2 is 1.61 bits per heavy atom. The summed E-state index contributed by atoms with van der Waals surface area (Å²) in [7, 11) is 0. The van der Waals surface area contributed by atoms with Gasteiger partial charge in [0.1, 0.15) is 0 Å². The number of rotatable bonds is 5. The smallest absolute Gasteiger partial charge is 0.269 e. The minimum absolute atomic E-state index is 0.00114. The zero-order chi connectivity index (χ0) is 20.5. The summed E-state index contributed by atoms with van der Waals surface area (Å²) >= 11 is 5.02. The van der Waals surface area contributed by atoms with E-state index in [2.05, 4.69) is 21.5 Å². The quantitative estimate of drug-likeness (QED) is 0.457. The molecule has 0 fully saturated rings. The molecule has 0 aliphatic heterocycles. The highest BCUT2D eigenvalue weighted by atomic mass is 32.1. The second-order valence-electron chi connectivity index (χ2n) is 6.04. The first kappa shape index (κ1) is 21.0. The molecular formula is C20H22N4O3S. The van der Waals surface area contributed by atoms with Gasteiger partial charge in [-0.3, -0.25) is 25.2 Å². The van der Waals surface area contributed by atoms with Gasteiger partial charge in [0.15, 0.2) is 5.11 Å². The minimum atomic E-state index is -0.427. The van der Waals surface area contributed by atoms with Gasteiger partial charge in [-0.25, -0.2) is 0 Å². The number of hydrazine groups is 1. The van der Waals surface area contributed by atoms with Gasteiger partial charge < -0.3 is 10.6 Å². The Kier molecular flexibility index (Phi) is 7.65. The van der Waals surface area contributed by atoms with Crippen LogP contribution < -0.4 is 21.5 Å². The van der Waals surface area contributed by atoms with Gasteiger partial charge in [0.2, 0.25) is 11.8 Å². The van der Waals surface area contributed by atoms with Crippen molar-refractivity contribution in [3.63, 3.8) is 0 Å². The zero-order valence-corrected chi connectivity index (χ0v) is 16.5. The van der Waals surface area contributed by atoms with Crippen LogP contribution in [0.15, 0.2) is 48.5 Å². The lowest BCUT2D eigenvalue weighted by atomic mass is 10.1. The van der Waals surface area contributed by atoms with Crippen LogP contribution >= 0.6 is 12.2 Å². The van der Waals surface area contributed by atoms with Crippen molar-refractivity contribution in [3.05, 3.63) is 65.2 Å². The molecule has 3 amide bonds. The van der Waals surface area contributed by atoms with Gasteiger partial charge in [0.05, 0.1) is 6.42 Å². The fourth-order valence-electron chi connectivity index (χ4n) is 2.32. The zero-order valence-electron chi connectivity index (χ0n) is 15.7. The molecule has 2 aromatic rings. The number of carbonyl (C=O) groups is 3. The summed E-state index contributed by atoms with van der Waals surface area (Å²) in [5.74, 6) is -0.813. The molecular weight excluding hydrogens is 376 g/mol. The number of anilines is 1. The maximum Gasteiger partial charge on any atom is 0.269 e. The van der Waals surface area contributed by atoms with Crippen molar-refractivity contribution in [2.24, 2.45) is 0 Å². The maximum atomic E-state index is 12.1. The predicted octanol–water partition coefficient (Wildman–Crippen LogP) is 2.22. The Hall–Kier alpha value is -3.26. The van der Waals surface area contributed by atoms with Gasteiger partial charge >= 0.3 is 0 Å². The van der Waals surface area contributed by atoms with E-state index < -0.39 is 5.91 Å². The summed E-state index contributed by atoms with van der Waals surface area (Å²) in [6.45, 7) is 3.68. The summed E-state index contributed by atoms with van der Waals surface area (Å²) in [6.07, 6.45) is 0.562. The number of nitrogens with one attached hydrogen (secondary N) is 4. The van der Waals surface area contributed by atoms with E-state index in [1.807, 2.05) is 31.2 Å². The third-order valence-corrected chi connectivity index (χ3v) is 4.11. The van der Waals surface area contributed by atoms with E-state index in [9.17, 15) is 14.4 Å². The van der Waals surface area contributed by atoms with E-state index in [4.69, 9.17) is 12.2 Å². The molecule has 0 aliphatic rings. The fraction of sp³-hybridized carbons (Fsp3) is 0.200. The first-order valence-corrected chi connectivity index (χ1v) is 9.14. The van der Waals surface area contributed by atoms with Crippen LogP contribution in [0, 0.1) is 6.92 Å². The Morgan fingerprint density at radius 1 is 0.929 bits per heavy atom. The minimum Gasteiger partial charge on any atom is -0.326 e. The van der Waals surface area contributed by atoms with Crippen molar-refractivity contribution >= 4 is 40.7 Å². The average molecular weight is 398 g/mol. The molecule has 146 valence electrons. The molecule has 0 radical (unpaired) electrons. The molecule has 0 saturated carbocycles. The molecule has 8 heteroatoms. The largest absolute Gasteiger partial charge is 0.326 e. The lowest BCUT2D eigenvalue weighted by molar-refractivity contribution is -0.119. The highest BCUT2D eigenvalue weighted by molar-refractivity contribution is 7.80. The summed E-state index contributed by atoms with van der Waals surface area (Å²) in [5, 5.41) is 5.22. The molecule has 0 aliphatic carbocycles. The molecule has 0 unspecified atom stereocenters. The van der Waals surface area contributed by atoms with Crippen molar-refractivity contribution in [1.82, 2.24) is 16.2 Å². The summed E-state index contributed by atoms with van der Waals surface area (Å²) in [4.78, 5) is 35.5. The van der Waals surface area contributed by atoms with Crippen LogP contribution in [0.1, 0.15) is 34.8 Å². The molecule has 0 atom stereocenters. The fourth-order valence-corrected chi connectivity index (χ4v) is 2.49. The third-order valence-electron chi connectivity index (χ3n) is 3.91. The van der Waals surface area contributed by atoms with E-state index >= 15 is 0 Å². The molecule has 2 aromatic carbocycles. The lowest BCUT2D eigenvalue weighted by Gasteiger charge is -2.12. The Morgan fingerprint density at radius 3 is 2.25 bits per heavy atom. The molecule has 0 heterocycles. The maximum absolute atomic E-state index is 12.1. The first-order chi connectivity index (χ1) is 13.4. The van der Waals surface area contributed by atoms with Crippen molar-refractivity contribution in [2.75, 3.05) is 5.32 Å². The lowest BCUT2D eigenvalue weighted by Crippen LogP contribution is -2.48. The molecule has 0 spiro atoms. The molecule has 0 bridgehead atoms. The van der Waals surface area contributed by atoms with Gasteiger partial charge in [-0.1, -0.05) is 31.2 Å². The van der Waals surface area contributed by atoms with E-state index in [0.717, 1.165) is 11.1 Å². The molecule has 0 aromatic heterocycles. The van der Waals surface area contributed by atoms with Crippen LogP contribution in [0.4, 0.5) is 5.69 Å². The topological polar surface area (TPSA) is 99.3 Å². The van der Waals surface area contributed by atoms with Crippen LogP contribution in [0.2, 0.25) is 0 Å². The Labute approximate surface area is 168 Å². The van der Waals surface area contributed by atoms with Gasteiger partial charge in [-0.15, -0.1) is 0 Å². The number of benzene rings is 2. The summed E-state index contributed by atoms with van der Waals surface area (Å²) in [6, 6.07) is 14.0. The van der Waals surface area contributed by atoms with Gasteiger partial charge in [-0.2, -0.15) is 0 Å². The van der Waals surface area contributed by atoms with E-state index in [1.165, 1.54) is 0 Å². The van der Waals surface area contributed by atoms with Crippen molar-refractivity contribution < 1.29 is 14.4 Å². The van der Waals surface area contributed by atoms with Crippen molar-refractivity contribution in [1.29, 1.82) is 0 Å². The Balaban J connectivity index is 1.80. The number of aryl methyl sites for hydroxylation is 1. The van der Waals surface area contributed by atoms with E-state index in [0.29, 0.717) is 17.7 Å². The van der Waals surface area contributed by atoms with Crippen LogP contribution in [0.25, 0.3) is 0 Å². The second kappa shape index (κ2) is 10.2. The number of thiocarbonyl (C=S) groups is 1. The molecule has 2 rings (SSSR count). The van der Waals surface area contributed by atoms with Crippen LogP contribution in [-0.4, -0.2) is 22.8 Å². The monoisotopic (exact) mass is 398 g/mol. The predicted molar refractivity (Wildman–Crippen MR) is 112 cm³/mol. The SMILES string of the molecule is CCC(=O)Nc1ccc(C(=O)NNC(=S)NC(=O)Cc2ccccc2C)cc1. The first-order valence-electron chi connectivity index (χ1n) is 8.73. The highest BCUT2D eigenvalue weighted by Crippen LogP contribution is 2.10. The standard InChI is InChI=1S/C20H22N4O3S/c1-3-17(25)21-16-10-8-14(9-11-16)19(27)23-24-20(28)22-18(26)12-15-7-5-4-6-13(15)2/h4-11H,3,12H2,1-2H3,(H,21,25)(H,23,27)(H2,22,24,26,28). The molecule has 4 N–H and O–H groups in total. The average Bonchev–Trinajstić information content (AvgIpc) is 2.68. The van der Waals surface area contributed by atoms with Gasteiger partial charge in [-0.05, 0) is 54.5 Å². The molecule has 28 heavy (non-hydrogen) atoms. The molecule has 7 nitrogen and oxygen atoms in total.